The van der Waals surface area contributed by atoms with Crippen molar-refractivity contribution in [3.8, 4) is 0 Å². The van der Waals surface area contributed by atoms with Crippen LogP contribution in [0.4, 0.5) is 8.78 Å². The van der Waals surface area contributed by atoms with Gasteiger partial charge in [0, 0.05) is 5.56 Å². The Hall–Kier alpha value is -1.91. The number of alkyl halides is 1. The molecule has 5 heteroatoms. The molecule has 1 aromatic carbocycles. The van der Waals surface area contributed by atoms with Gasteiger partial charge in [-0.25, -0.2) is 13.8 Å². The van der Waals surface area contributed by atoms with E-state index in [0.29, 0.717) is 5.56 Å². The lowest BCUT2D eigenvalue weighted by molar-refractivity contribution is 0.315. The van der Waals surface area contributed by atoms with Gasteiger partial charge in [0.1, 0.15) is 23.8 Å². The summed E-state index contributed by atoms with van der Waals surface area (Å²) in [6, 6.07) is 6.02. The maximum absolute atomic E-state index is 13.7. The van der Waals surface area contributed by atoms with E-state index < -0.39 is 18.0 Å². The van der Waals surface area contributed by atoms with Crippen molar-refractivity contribution in [3.05, 3.63) is 47.5 Å². The van der Waals surface area contributed by atoms with Crippen molar-refractivity contribution in [2.45, 2.75) is 12.5 Å². The molecular weight excluding hydrogens is 226 g/mol. The van der Waals surface area contributed by atoms with E-state index in [2.05, 4.69) is 4.99 Å². The highest BCUT2D eigenvalue weighted by atomic mass is 19.1. The van der Waals surface area contributed by atoms with Crippen molar-refractivity contribution < 1.29 is 13.5 Å². The molecule has 0 saturated carbocycles. The number of benzene rings is 1. The molecule has 0 aliphatic carbocycles. The first-order valence-electron chi connectivity index (χ1n) is 5.11. The Balaban J connectivity index is 2.52. The Morgan fingerprint density at radius 3 is 2.76 bits per heavy atom. The van der Waals surface area contributed by atoms with Crippen LogP contribution in [0.2, 0.25) is 0 Å². The van der Waals surface area contributed by atoms with Gasteiger partial charge < -0.3 is 10.5 Å². The number of rotatable bonds is 2. The lowest BCUT2D eigenvalue weighted by Crippen LogP contribution is -2.30. The number of nitrogens with zero attached hydrogens (tertiary/aromatic N) is 1. The highest BCUT2D eigenvalue weighted by Gasteiger charge is 2.31. The van der Waals surface area contributed by atoms with E-state index in [-0.39, 0.29) is 11.8 Å². The standard InChI is InChI=1S/C12H12F2N2O/c1-12(9-4-2-3-5-10(9)14)6-8(7-13)17-11(15)16-12/h2-6H,7H2,1H3,(H2,15,16)/t12-/m0/s1. The molecule has 0 bridgehead atoms. The van der Waals surface area contributed by atoms with Crippen molar-refractivity contribution in [1.29, 1.82) is 0 Å². The molecule has 1 aliphatic rings. The van der Waals surface area contributed by atoms with E-state index in [0.717, 1.165) is 0 Å². The van der Waals surface area contributed by atoms with Crippen molar-refractivity contribution >= 4 is 6.02 Å². The summed E-state index contributed by atoms with van der Waals surface area (Å²) in [5.41, 5.74) is 4.76. The molecule has 1 aromatic rings. The molecule has 2 rings (SSSR count). The predicted octanol–water partition coefficient (Wildman–Crippen LogP) is 2.24. The maximum Gasteiger partial charge on any atom is 0.288 e. The van der Waals surface area contributed by atoms with Crippen LogP contribution in [0.25, 0.3) is 0 Å². The van der Waals surface area contributed by atoms with Crippen molar-refractivity contribution in [1.82, 2.24) is 0 Å². The van der Waals surface area contributed by atoms with Crippen LogP contribution in [0.5, 0.6) is 0 Å². The molecule has 1 atom stereocenters. The van der Waals surface area contributed by atoms with Gasteiger partial charge in [0.25, 0.3) is 6.02 Å². The minimum atomic E-state index is -1.03. The van der Waals surface area contributed by atoms with Gasteiger partial charge in [-0.05, 0) is 19.1 Å². The third-order valence-electron chi connectivity index (χ3n) is 2.57. The number of allylic oxidation sites excluding steroid dienone is 1. The van der Waals surface area contributed by atoms with Gasteiger partial charge in [-0.1, -0.05) is 18.2 Å². The molecule has 0 aromatic heterocycles. The second-order valence-electron chi connectivity index (χ2n) is 3.92. The van der Waals surface area contributed by atoms with Gasteiger partial charge in [-0.15, -0.1) is 0 Å². The fourth-order valence-corrected chi connectivity index (χ4v) is 1.84. The monoisotopic (exact) mass is 238 g/mol. The van der Waals surface area contributed by atoms with Gasteiger partial charge >= 0.3 is 0 Å². The molecule has 2 N–H and O–H groups in total. The first-order valence-corrected chi connectivity index (χ1v) is 5.11. The molecule has 0 unspecified atom stereocenters. The van der Waals surface area contributed by atoms with Gasteiger partial charge in [0.15, 0.2) is 0 Å². The van der Waals surface area contributed by atoms with Crippen molar-refractivity contribution in [2.75, 3.05) is 6.67 Å². The fourth-order valence-electron chi connectivity index (χ4n) is 1.84. The topological polar surface area (TPSA) is 47.6 Å². The first-order chi connectivity index (χ1) is 8.05. The number of halogens is 2. The van der Waals surface area contributed by atoms with Gasteiger partial charge in [-0.3, -0.25) is 0 Å². The SMILES string of the molecule is C[C@@]1(c2ccccc2F)C=C(CF)OC(N)=N1. The number of ether oxygens (including phenoxy) is 1. The van der Waals surface area contributed by atoms with Crippen LogP contribution in [0.15, 0.2) is 41.1 Å². The predicted molar refractivity (Wildman–Crippen MR) is 60.5 cm³/mol. The Morgan fingerprint density at radius 1 is 1.41 bits per heavy atom. The normalized spacial score (nSPS) is 23.7. The summed E-state index contributed by atoms with van der Waals surface area (Å²) in [6.45, 7) is 0.844. The molecule has 0 saturated heterocycles. The molecule has 0 radical (unpaired) electrons. The quantitative estimate of drug-likeness (QED) is 0.858. The Kier molecular flexibility index (Phi) is 2.83. The summed E-state index contributed by atoms with van der Waals surface area (Å²) in [5, 5.41) is 0. The second-order valence-corrected chi connectivity index (χ2v) is 3.92. The number of aliphatic imine (C=N–C) groups is 1. The van der Waals surface area contributed by atoms with Crippen LogP contribution in [0.1, 0.15) is 12.5 Å². The summed E-state index contributed by atoms with van der Waals surface area (Å²) in [6.07, 6.45) is 1.43. The molecule has 0 spiro atoms. The van der Waals surface area contributed by atoms with E-state index in [9.17, 15) is 8.78 Å². The summed E-state index contributed by atoms with van der Waals surface area (Å²) in [4.78, 5) is 4.03. The molecule has 1 aliphatic heterocycles. The van der Waals surface area contributed by atoms with Crippen LogP contribution in [-0.2, 0) is 10.3 Å². The van der Waals surface area contributed by atoms with E-state index in [1.165, 1.54) is 12.1 Å². The van der Waals surface area contributed by atoms with E-state index in [1.54, 1.807) is 25.1 Å². The highest BCUT2D eigenvalue weighted by Crippen LogP contribution is 2.33. The van der Waals surface area contributed by atoms with Crippen LogP contribution in [0.3, 0.4) is 0 Å². The van der Waals surface area contributed by atoms with E-state index in [4.69, 9.17) is 10.5 Å². The Labute approximate surface area is 97.6 Å². The lowest BCUT2D eigenvalue weighted by Gasteiger charge is -2.27. The third kappa shape index (κ3) is 2.13. The molecule has 17 heavy (non-hydrogen) atoms. The third-order valence-corrected chi connectivity index (χ3v) is 2.57. The summed E-state index contributed by atoms with van der Waals surface area (Å²) >= 11 is 0. The number of hydrogen-bond donors (Lipinski definition) is 1. The van der Waals surface area contributed by atoms with Crippen molar-refractivity contribution in [2.24, 2.45) is 10.7 Å². The van der Waals surface area contributed by atoms with Gasteiger partial charge in [0.2, 0.25) is 0 Å². The summed E-state index contributed by atoms with van der Waals surface area (Å²) in [7, 11) is 0. The number of nitrogens with two attached hydrogens (primary N) is 1. The average molecular weight is 238 g/mol. The van der Waals surface area contributed by atoms with Gasteiger partial charge in [-0.2, -0.15) is 0 Å². The second kappa shape index (κ2) is 4.16. The Bertz CT molecular complexity index is 499. The number of amidine groups is 1. The van der Waals surface area contributed by atoms with Crippen LogP contribution < -0.4 is 5.73 Å². The molecule has 1 heterocycles. The maximum atomic E-state index is 13.7. The van der Waals surface area contributed by atoms with E-state index in [1.807, 2.05) is 0 Å². The largest absolute Gasteiger partial charge is 0.428 e. The summed E-state index contributed by atoms with van der Waals surface area (Å²) in [5.74, 6) is -0.369. The van der Waals surface area contributed by atoms with Crippen molar-refractivity contribution in [3.63, 3.8) is 0 Å². The fraction of sp³-hybridized carbons (Fsp3) is 0.250. The molecule has 0 fully saturated rings. The van der Waals surface area contributed by atoms with Crippen LogP contribution in [0, 0.1) is 5.82 Å². The minimum absolute atomic E-state index is 0.0447. The van der Waals surface area contributed by atoms with Gasteiger partial charge in [0.05, 0.1) is 0 Å². The van der Waals surface area contributed by atoms with E-state index >= 15 is 0 Å². The highest BCUT2D eigenvalue weighted by molar-refractivity contribution is 5.74. The lowest BCUT2D eigenvalue weighted by atomic mass is 9.91. The average Bonchev–Trinajstić information content (AvgIpc) is 2.28. The molecule has 3 nitrogen and oxygen atoms in total. The zero-order valence-corrected chi connectivity index (χ0v) is 9.28. The minimum Gasteiger partial charge on any atom is -0.428 e. The number of hydrogen-bond acceptors (Lipinski definition) is 3. The molecule has 90 valence electrons. The zero-order valence-electron chi connectivity index (χ0n) is 9.28. The first kappa shape index (κ1) is 11.6. The molecular formula is C12H12F2N2O. The van der Waals surface area contributed by atoms with Crippen LogP contribution >= 0.6 is 0 Å². The Morgan fingerprint density at radius 2 is 2.12 bits per heavy atom. The summed E-state index contributed by atoms with van der Waals surface area (Å²) < 4.78 is 31.2. The zero-order chi connectivity index (χ0) is 12.5. The molecule has 0 amide bonds. The van der Waals surface area contributed by atoms with Crippen LogP contribution in [-0.4, -0.2) is 12.7 Å². The smallest absolute Gasteiger partial charge is 0.288 e.